The molecule has 0 aromatic carbocycles. The summed E-state index contributed by atoms with van der Waals surface area (Å²) in [5, 5.41) is 10.1. The summed E-state index contributed by atoms with van der Waals surface area (Å²) in [5.41, 5.74) is 1.73. The normalized spacial score (nSPS) is 29.6. The molecule has 4 rings (SSSR count). The SMILES string of the molecule is CC1=CC[C@H](C(=O)N(c2cc(C(C)(C)C)sc2C(=O)O)[C@H]2CC[C@H](O[C@H]3CCOC3)CC2)[C@H](C)C1. The first-order chi connectivity index (χ1) is 16.5. The Labute approximate surface area is 213 Å². The van der Waals surface area contributed by atoms with E-state index in [1.807, 2.05) is 11.0 Å². The molecule has 0 spiro atoms. The van der Waals surface area contributed by atoms with Gasteiger partial charge in [-0.15, -0.1) is 11.3 Å². The van der Waals surface area contributed by atoms with Crippen LogP contribution in [-0.4, -0.2) is 48.4 Å². The lowest BCUT2D eigenvalue weighted by Crippen LogP contribution is -2.48. The van der Waals surface area contributed by atoms with Crippen LogP contribution in [0.1, 0.15) is 94.1 Å². The van der Waals surface area contributed by atoms with Gasteiger partial charge in [0.25, 0.3) is 0 Å². The van der Waals surface area contributed by atoms with Gasteiger partial charge < -0.3 is 19.5 Å². The minimum Gasteiger partial charge on any atom is -0.477 e. The monoisotopic (exact) mass is 503 g/mol. The van der Waals surface area contributed by atoms with Crippen LogP contribution >= 0.6 is 11.3 Å². The molecule has 0 unspecified atom stereocenters. The van der Waals surface area contributed by atoms with E-state index in [0.29, 0.717) is 12.3 Å². The molecule has 2 fully saturated rings. The van der Waals surface area contributed by atoms with Gasteiger partial charge in [0.1, 0.15) is 4.88 Å². The zero-order valence-corrected chi connectivity index (χ0v) is 22.7. The molecule has 194 valence electrons. The molecule has 1 amide bonds. The van der Waals surface area contributed by atoms with Crippen molar-refractivity contribution < 1.29 is 24.2 Å². The molecule has 3 aliphatic rings. The molecule has 3 atom stereocenters. The van der Waals surface area contributed by atoms with E-state index in [1.54, 1.807) is 0 Å². The van der Waals surface area contributed by atoms with Crippen molar-refractivity contribution in [2.24, 2.45) is 11.8 Å². The molecule has 1 aromatic rings. The van der Waals surface area contributed by atoms with Gasteiger partial charge in [-0.3, -0.25) is 4.79 Å². The first kappa shape index (κ1) is 26.4. The van der Waals surface area contributed by atoms with Crippen molar-refractivity contribution in [2.45, 2.75) is 103 Å². The number of hydrogen-bond acceptors (Lipinski definition) is 5. The minimum absolute atomic E-state index is 0.0121. The summed E-state index contributed by atoms with van der Waals surface area (Å²) in [7, 11) is 0. The fourth-order valence-electron chi connectivity index (χ4n) is 5.73. The number of aromatic carboxylic acids is 1. The lowest BCUT2D eigenvalue weighted by molar-refractivity contribution is -0.124. The molecule has 2 aliphatic carbocycles. The number of anilines is 1. The topological polar surface area (TPSA) is 76.1 Å². The Balaban J connectivity index is 1.63. The van der Waals surface area contributed by atoms with E-state index in [0.717, 1.165) is 56.4 Å². The van der Waals surface area contributed by atoms with Gasteiger partial charge in [-0.05, 0) is 69.3 Å². The number of carbonyl (C=O) groups is 2. The summed E-state index contributed by atoms with van der Waals surface area (Å²) in [6.07, 6.45) is 8.52. The Morgan fingerprint density at radius 3 is 2.43 bits per heavy atom. The van der Waals surface area contributed by atoms with Gasteiger partial charge in [-0.1, -0.05) is 39.3 Å². The number of ether oxygens (including phenoxy) is 2. The maximum Gasteiger partial charge on any atom is 0.348 e. The second-order valence-corrected chi connectivity index (χ2v) is 12.8. The number of carboxylic acids is 1. The highest BCUT2D eigenvalue weighted by Gasteiger charge is 2.39. The van der Waals surface area contributed by atoms with Crippen LogP contribution in [0.5, 0.6) is 0 Å². The highest BCUT2D eigenvalue weighted by Crippen LogP contribution is 2.42. The Hall–Kier alpha value is -1.70. The number of carboxylic acid groups (broad SMARTS) is 1. The minimum atomic E-state index is -0.955. The summed E-state index contributed by atoms with van der Waals surface area (Å²) in [5.74, 6) is -0.756. The van der Waals surface area contributed by atoms with Crippen LogP contribution < -0.4 is 4.90 Å². The van der Waals surface area contributed by atoms with Gasteiger partial charge in [0.05, 0.1) is 24.5 Å². The summed E-state index contributed by atoms with van der Waals surface area (Å²) < 4.78 is 11.7. The number of rotatable bonds is 6. The third kappa shape index (κ3) is 6.00. The van der Waals surface area contributed by atoms with E-state index < -0.39 is 5.97 Å². The molecule has 0 radical (unpaired) electrons. The first-order valence-electron chi connectivity index (χ1n) is 13.1. The Morgan fingerprint density at radius 1 is 1.14 bits per heavy atom. The molecule has 6 nitrogen and oxygen atoms in total. The van der Waals surface area contributed by atoms with E-state index in [1.165, 1.54) is 16.9 Å². The van der Waals surface area contributed by atoms with Crippen molar-refractivity contribution in [3.8, 4) is 0 Å². The van der Waals surface area contributed by atoms with Crippen molar-refractivity contribution >= 4 is 28.9 Å². The van der Waals surface area contributed by atoms with Gasteiger partial charge in [0, 0.05) is 23.4 Å². The van der Waals surface area contributed by atoms with Crippen molar-refractivity contribution in [1.82, 2.24) is 0 Å². The fourth-order valence-corrected chi connectivity index (χ4v) is 6.77. The number of carbonyl (C=O) groups excluding carboxylic acids is 1. The molecule has 1 aromatic heterocycles. The zero-order chi connectivity index (χ0) is 25.3. The van der Waals surface area contributed by atoms with Crippen LogP contribution in [-0.2, 0) is 19.7 Å². The predicted molar refractivity (Wildman–Crippen MR) is 139 cm³/mol. The molecular weight excluding hydrogens is 462 g/mol. The van der Waals surface area contributed by atoms with E-state index >= 15 is 0 Å². The van der Waals surface area contributed by atoms with Gasteiger partial charge >= 0.3 is 5.97 Å². The second-order valence-electron chi connectivity index (χ2n) is 11.7. The number of thiophene rings is 1. The molecule has 1 saturated carbocycles. The maximum atomic E-state index is 14.2. The Kier molecular flexibility index (Phi) is 8.08. The summed E-state index contributed by atoms with van der Waals surface area (Å²) in [6.45, 7) is 12.0. The molecular formula is C28H41NO5S. The van der Waals surface area contributed by atoms with Crippen LogP contribution in [0, 0.1) is 11.8 Å². The highest BCUT2D eigenvalue weighted by atomic mass is 32.1. The molecule has 35 heavy (non-hydrogen) atoms. The number of allylic oxidation sites excluding steroid dienone is 2. The largest absolute Gasteiger partial charge is 0.477 e. The molecule has 1 N–H and O–H groups in total. The van der Waals surface area contributed by atoms with E-state index in [2.05, 4.69) is 40.7 Å². The van der Waals surface area contributed by atoms with Crippen LogP contribution in [0.25, 0.3) is 0 Å². The zero-order valence-electron chi connectivity index (χ0n) is 21.8. The maximum absolute atomic E-state index is 14.2. The third-order valence-corrected chi connectivity index (χ3v) is 9.33. The van der Waals surface area contributed by atoms with E-state index in [9.17, 15) is 14.7 Å². The second kappa shape index (κ2) is 10.7. The lowest BCUT2D eigenvalue weighted by atomic mass is 9.79. The average Bonchev–Trinajstić information content (AvgIpc) is 3.45. The van der Waals surface area contributed by atoms with Gasteiger partial charge in [-0.25, -0.2) is 4.79 Å². The van der Waals surface area contributed by atoms with E-state index in [-0.39, 0.29) is 46.3 Å². The van der Waals surface area contributed by atoms with Crippen LogP contribution in [0.15, 0.2) is 17.7 Å². The van der Waals surface area contributed by atoms with Crippen LogP contribution in [0.4, 0.5) is 5.69 Å². The Bertz CT molecular complexity index is 947. The molecule has 1 saturated heterocycles. The quantitative estimate of drug-likeness (QED) is 0.469. The predicted octanol–water partition coefficient (Wildman–Crippen LogP) is 6.19. The standard InChI is InChI=1S/C28H41NO5S/c1-17-6-11-22(18(2)14-17)26(30)29(23-15-24(28(3,4)5)35-25(23)27(31)32)19-7-9-20(10-8-19)34-21-12-13-33-16-21/h6,15,18-22H,7-14,16H2,1-5H3,(H,31,32)/t18-,19-,20-,21+,22+/m1/s1. The van der Waals surface area contributed by atoms with Crippen LogP contribution in [0.2, 0.25) is 0 Å². The van der Waals surface area contributed by atoms with Crippen LogP contribution in [0.3, 0.4) is 0 Å². The van der Waals surface area contributed by atoms with Crippen molar-refractivity contribution in [1.29, 1.82) is 0 Å². The van der Waals surface area contributed by atoms with Crippen molar-refractivity contribution in [2.75, 3.05) is 18.1 Å². The molecule has 0 bridgehead atoms. The molecule has 7 heteroatoms. The summed E-state index contributed by atoms with van der Waals surface area (Å²) >= 11 is 1.31. The summed E-state index contributed by atoms with van der Waals surface area (Å²) in [4.78, 5) is 29.7. The summed E-state index contributed by atoms with van der Waals surface area (Å²) in [6, 6.07) is 1.96. The van der Waals surface area contributed by atoms with Crippen molar-refractivity contribution in [3.05, 3.63) is 27.5 Å². The number of amides is 1. The fraction of sp³-hybridized carbons (Fsp3) is 0.714. The number of hydrogen-bond donors (Lipinski definition) is 1. The van der Waals surface area contributed by atoms with Gasteiger partial charge in [-0.2, -0.15) is 0 Å². The highest BCUT2D eigenvalue weighted by molar-refractivity contribution is 7.14. The number of nitrogens with zero attached hydrogens (tertiary/aromatic N) is 1. The van der Waals surface area contributed by atoms with Gasteiger partial charge in [0.2, 0.25) is 5.91 Å². The third-order valence-electron chi connectivity index (χ3n) is 7.79. The first-order valence-corrected chi connectivity index (χ1v) is 14.0. The average molecular weight is 504 g/mol. The smallest absolute Gasteiger partial charge is 0.348 e. The molecule has 1 aliphatic heterocycles. The van der Waals surface area contributed by atoms with Gasteiger partial charge in [0.15, 0.2) is 0 Å². The lowest BCUT2D eigenvalue weighted by Gasteiger charge is -2.40. The Morgan fingerprint density at radius 2 is 1.86 bits per heavy atom. The van der Waals surface area contributed by atoms with Crippen molar-refractivity contribution in [3.63, 3.8) is 0 Å². The molecule has 2 heterocycles. The van der Waals surface area contributed by atoms with E-state index in [4.69, 9.17) is 9.47 Å².